The van der Waals surface area contributed by atoms with Crippen LogP contribution in [0.4, 0.5) is 0 Å². The molecule has 0 unspecified atom stereocenters. The number of aldehydes is 1. The van der Waals surface area contributed by atoms with E-state index >= 15 is 0 Å². The van der Waals surface area contributed by atoms with E-state index in [-0.39, 0.29) is 0 Å². The molecule has 78 valence electrons. The van der Waals surface area contributed by atoms with Gasteiger partial charge in [0.15, 0.2) is 0 Å². The monoisotopic (exact) mass is 202 g/mol. The lowest BCUT2D eigenvalue weighted by atomic mass is 10.1. The van der Waals surface area contributed by atoms with E-state index in [1.165, 1.54) is 10.9 Å². The maximum atomic E-state index is 10.2. The van der Waals surface area contributed by atoms with Crippen LogP contribution in [-0.2, 0) is 18.3 Å². The molecule has 2 rings (SSSR count). The van der Waals surface area contributed by atoms with Gasteiger partial charge in [0.2, 0.25) is 0 Å². The van der Waals surface area contributed by atoms with Crippen molar-refractivity contribution >= 4 is 17.3 Å². The van der Waals surface area contributed by atoms with Crippen LogP contribution in [0.25, 0.3) is 11.0 Å². The fourth-order valence-corrected chi connectivity index (χ4v) is 1.87. The number of rotatable bonds is 4. The van der Waals surface area contributed by atoms with Gasteiger partial charge in [-0.2, -0.15) is 0 Å². The molecule has 0 atom stereocenters. The summed E-state index contributed by atoms with van der Waals surface area (Å²) in [5, 5.41) is 1.20. The number of hydrogen-bond acceptors (Lipinski definition) is 2. The molecule has 0 N–H and O–H groups in total. The molecule has 0 radical (unpaired) electrons. The van der Waals surface area contributed by atoms with Gasteiger partial charge in [-0.15, -0.1) is 0 Å². The van der Waals surface area contributed by atoms with Gasteiger partial charge in [0, 0.05) is 31.2 Å². The average Bonchev–Trinajstić information content (AvgIpc) is 2.58. The molecule has 3 heteroatoms. The highest BCUT2D eigenvalue weighted by molar-refractivity contribution is 5.80. The molecular weight excluding hydrogens is 188 g/mol. The molecule has 0 fully saturated rings. The summed E-state index contributed by atoms with van der Waals surface area (Å²) in [6, 6.07) is 4.03. The summed E-state index contributed by atoms with van der Waals surface area (Å²) in [6.45, 7) is 0. The predicted octanol–water partition coefficient (Wildman–Crippen LogP) is 2.09. The molecule has 0 aliphatic rings. The van der Waals surface area contributed by atoms with E-state index in [1.807, 2.05) is 17.7 Å². The Morgan fingerprint density at radius 1 is 1.53 bits per heavy atom. The maximum Gasteiger partial charge on any atom is 0.139 e. The second-order valence-electron chi connectivity index (χ2n) is 3.70. The van der Waals surface area contributed by atoms with Crippen molar-refractivity contribution < 1.29 is 4.79 Å². The first-order valence-corrected chi connectivity index (χ1v) is 5.15. The van der Waals surface area contributed by atoms with Crippen LogP contribution in [0.15, 0.2) is 24.5 Å². The molecule has 0 saturated heterocycles. The van der Waals surface area contributed by atoms with Gasteiger partial charge in [0.1, 0.15) is 11.9 Å². The van der Waals surface area contributed by atoms with Crippen LogP contribution in [0, 0.1) is 0 Å². The second-order valence-corrected chi connectivity index (χ2v) is 3.70. The van der Waals surface area contributed by atoms with Crippen LogP contribution < -0.4 is 0 Å². The highest BCUT2D eigenvalue weighted by atomic mass is 16.1. The molecule has 0 saturated carbocycles. The largest absolute Gasteiger partial charge is 0.335 e. The molecule has 0 aliphatic carbocycles. The van der Waals surface area contributed by atoms with Crippen molar-refractivity contribution in [2.45, 2.75) is 19.3 Å². The van der Waals surface area contributed by atoms with E-state index in [4.69, 9.17) is 0 Å². The smallest absolute Gasteiger partial charge is 0.139 e. The minimum atomic E-state index is 0.636. The molecule has 0 bridgehead atoms. The Bertz CT molecular complexity index is 473. The zero-order chi connectivity index (χ0) is 10.7. The van der Waals surface area contributed by atoms with E-state index in [0.29, 0.717) is 6.42 Å². The van der Waals surface area contributed by atoms with Crippen molar-refractivity contribution in [2.75, 3.05) is 0 Å². The zero-order valence-electron chi connectivity index (χ0n) is 8.81. The van der Waals surface area contributed by atoms with Gasteiger partial charge in [0.05, 0.1) is 0 Å². The SMILES string of the molecule is Cn1cc(CCCC=O)c2cccnc21. The van der Waals surface area contributed by atoms with Crippen LogP contribution in [0.1, 0.15) is 18.4 Å². The minimum absolute atomic E-state index is 0.636. The molecule has 0 aliphatic heterocycles. The molecule has 3 nitrogen and oxygen atoms in total. The van der Waals surface area contributed by atoms with Crippen molar-refractivity contribution in [3.05, 3.63) is 30.1 Å². The molecule has 0 aromatic carbocycles. The van der Waals surface area contributed by atoms with E-state index < -0.39 is 0 Å². The third kappa shape index (κ3) is 1.91. The first-order chi connectivity index (χ1) is 7.33. The fourth-order valence-electron chi connectivity index (χ4n) is 1.87. The number of nitrogens with zero attached hydrogens (tertiary/aromatic N) is 2. The highest BCUT2D eigenvalue weighted by Gasteiger charge is 2.05. The number of pyridine rings is 1. The Balaban J connectivity index is 2.31. The number of carbonyl (C=O) groups excluding carboxylic acids is 1. The first-order valence-electron chi connectivity index (χ1n) is 5.15. The van der Waals surface area contributed by atoms with E-state index in [9.17, 15) is 4.79 Å². The normalized spacial score (nSPS) is 10.7. The lowest BCUT2D eigenvalue weighted by Crippen LogP contribution is -1.85. The molecule has 0 amide bonds. The number of unbranched alkanes of at least 4 members (excludes halogenated alkanes) is 1. The molecular formula is C12H14N2O. The standard InChI is InChI=1S/C12H14N2O/c1-14-9-10(5-2-3-8-15)11-6-4-7-13-12(11)14/h4,6-9H,2-3,5H2,1H3. The Labute approximate surface area is 88.7 Å². The predicted molar refractivity (Wildman–Crippen MR) is 59.7 cm³/mol. The van der Waals surface area contributed by atoms with E-state index in [1.54, 1.807) is 6.20 Å². The van der Waals surface area contributed by atoms with Gasteiger partial charge >= 0.3 is 0 Å². The third-order valence-electron chi connectivity index (χ3n) is 2.58. The van der Waals surface area contributed by atoms with Crippen LogP contribution in [0.5, 0.6) is 0 Å². The van der Waals surface area contributed by atoms with Crippen LogP contribution in [0.2, 0.25) is 0 Å². The summed E-state index contributed by atoms with van der Waals surface area (Å²) in [4.78, 5) is 14.6. The van der Waals surface area contributed by atoms with Crippen molar-refractivity contribution in [3.8, 4) is 0 Å². The Morgan fingerprint density at radius 2 is 2.40 bits per heavy atom. The zero-order valence-corrected chi connectivity index (χ0v) is 8.81. The molecule has 15 heavy (non-hydrogen) atoms. The van der Waals surface area contributed by atoms with Gasteiger partial charge in [-0.25, -0.2) is 4.98 Å². The first kappa shape index (κ1) is 9.90. The third-order valence-corrected chi connectivity index (χ3v) is 2.58. The quantitative estimate of drug-likeness (QED) is 0.562. The maximum absolute atomic E-state index is 10.2. The molecule has 2 aromatic rings. The topological polar surface area (TPSA) is 34.9 Å². The summed E-state index contributed by atoms with van der Waals surface area (Å²) in [5.74, 6) is 0. The van der Waals surface area contributed by atoms with Crippen LogP contribution in [-0.4, -0.2) is 15.8 Å². The van der Waals surface area contributed by atoms with E-state index in [0.717, 1.165) is 24.8 Å². The van der Waals surface area contributed by atoms with Gasteiger partial charge in [0.25, 0.3) is 0 Å². The van der Waals surface area contributed by atoms with Crippen LogP contribution in [0.3, 0.4) is 0 Å². The summed E-state index contributed by atoms with van der Waals surface area (Å²) >= 11 is 0. The summed E-state index contributed by atoms with van der Waals surface area (Å²) in [7, 11) is 2.00. The lowest BCUT2D eigenvalue weighted by molar-refractivity contribution is -0.107. The van der Waals surface area contributed by atoms with Gasteiger partial charge < -0.3 is 9.36 Å². The fraction of sp³-hybridized carbons (Fsp3) is 0.333. The Kier molecular flexibility index (Phi) is 2.81. The summed E-state index contributed by atoms with van der Waals surface area (Å²) < 4.78 is 2.03. The van der Waals surface area contributed by atoms with Crippen molar-refractivity contribution in [2.24, 2.45) is 7.05 Å². The van der Waals surface area contributed by atoms with Gasteiger partial charge in [-0.05, 0) is 30.5 Å². The molecule has 2 heterocycles. The second kappa shape index (κ2) is 4.26. The highest BCUT2D eigenvalue weighted by Crippen LogP contribution is 2.19. The Hall–Kier alpha value is -1.64. The van der Waals surface area contributed by atoms with Gasteiger partial charge in [-0.3, -0.25) is 0 Å². The number of aromatic nitrogens is 2. The minimum Gasteiger partial charge on any atom is -0.335 e. The summed E-state index contributed by atoms with van der Waals surface area (Å²) in [6.07, 6.45) is 7.37. The van der Waals surface area contributed by atoms with Crippen molar-refractivity contribution in [1.29, 1.82) is 0 Å². The van der Waals surface area contributed by atoms with E-state index in [2.05, 4.69) is 17.2 Å². The van der Waals surface area contributed by atoms with Gasteiger partial charge in [-0.1, -0.05) is 0 Å². The lowest BCUT2D eigenvalue weighted by Gasteiger charge is -1.95. The van der Waals surface area contributed by atoms with Crippen molar-refractivity contribution in [1.82, 2.24) is 9.55 Å². The molecule has 0 spiro atoms. The number of aryl methyl sites for hydroxylation is 2. The van der Waals surface area contributed by atoms with Crippen molar-refractivity contribution in [3.63, 3.8) is 0 Å². The number of fused-ring (bicyclic) bond motifs is 1. The van der Waals surface area contributed by atoms with Crippen LogP contribution >= 0.6 is 0 Å². The molecule has 2 aromatic heterocycles. The average molecular weight is 202 g/mol. The Morgan fingerprint density at radius 3 is 3.20 bits per heavy atom. The number of hydrogen-bond donors (Lipinski definition) is 0. The number of carbonyl (C=O) groups is 1. The summed E-state index contributed by atoms with van der Waals surface area (Å²) in [5.41, 5.74) is 2.29.